The Labute approximate surface area is 245 Å². The van der Waals surface area contributed by atoms with Gasteiger partial charge in [0.2, 0.25) is 11.8 Å². The summed E-state index contributed by atoms with van der Waals surface area (Å²) in [6.45, 7) is 3.84. The number of nitrogens with one attached hydrogen (secondary N) is 2. The van der Waals surface area contributed by atoms with Crippen LogP contribution >= 0.6 is 0 Å². The van der Waals surface area contributed by atoms with Crippen LogP contribution in [-0.4, -0.2) is 48.0 Å². The van der Waals surface area contributed by atoms with Crippen molar-refractivity contribution in [1.82, 2.24) is 35.0 Å². The first-order chi connectivity index (χ1) is 20.4. The van der Waals surface area contributed by atoms with E-state index in [4.69, 9.17) is 4.98 Å². The molecule has 4 aliphatic carbocycles. The van der Waals surface area contributed by atoms with Crippen LogP contribution in [0.3, 0.4) is 0 Å². The highest BCUT2D eigenvalue weighted by atomic mass is 19.3. The van der Waals surface area contributed by atoms with Crippen molar-refractivity contribution in [2.45, 2.75) is 88.8 Å². The quantitative estimate of drug-likeness (QED) is 0.308. The van der Waals surface area contributed by atoms with E-state index in [9.17, 15) is 27.2 Å². The second-order valence-corrected chi connectivity index (χ2v) is 13.3. The van der Waals surface area contributed by atoms with Crippen molar-refractivity contribution in [2.24, 2.45) is 29.6 Å². The largest absolute Gasteiger partial charge is 0.349 e. The Balaban J connectivity index is 1.12. The Morgan fingerprint density at radius 2 is 1.74 bits per heavy atom. The number of alkyl halides is 4. The molecule has 5 atom stereocenters. The fraction of sp³-hybridized carbons (Fsp3) is 0.633. The molecule has 3 aromatic rings. The third-order valence-electron chi connectivity index (χ3n) is 9.73. The second-order valence-electron chi connectivity index (χ2n) is 13.3. The Morgan fingerprint density at radius 3 is 2.40 bits per heavy atom. The van der Waals surface area contributed by atoms with Crippen LogP contribution in [0.25, 0.3) is 5.65 Å². The molecule has 3 heterocycles. The van der Waals surface area contributed by atoms with Crippen LogP contribution in [0.5, 0.6) is 0 Å². The molecular formula is C30H35F4N7O2. The Bertz CT molecular complexity index is 1540. The molecule has 7 rings (SSSR count). The standard InChI is InChI=1S/C30H35F4N7O2/c1-15(2)41-23(5-6-35-41)28(43)39-27(18-8-20-21(9-18)30(20,33)34)22-14-40-24(37-22)10-19(13-36-40)26(17-3-4-17)38-25(42)7-16-11-29(31,32)12-16/h5-6,10,13-18,20-21,26-27H,3-4,7-9,11-12H2,1-2H3,(H,38,42)(H,39,43)/t18?,20-,21+,26-,27?/m1/s1. The average molecular weight is 602 g/mol. The van der Waals surface area contributed by atoms with Gasteiger partial charge < -0.3 is 10.6 Å². The summed E-state index contributed by atoms with van der Waals surface area (Å²) in [6, 6.07) is 2.52. The number of aromatic nitrogens is 5. The van der Waals surface area contributed by atoms with Crippen LogP contribution < -0.4 is 10.6 Å². The maximum Gasteiger partial charge on any atom is 0.270 e. The lowest BCUT2D eigenvalue weighted by Crippen LogP contribution is -2.39. The van der Waals surface area contributed by atoms with Gasteiger partial charge in [-0.15, -0.1) is 0 Å². The van der Waals surface area contributed by atoms with E-state index < -0.39 is 29.7 Å². The van der Waals surface area contributed by atoms with Crippen LogP contribution in [0, 0.1) is 29.6 Å². The number of hydrogen-bond donors (Lipinski definition) is 2. The maximum absolute atomic E-state index is 14.1. The minimum absolute atomic E-state index is 0.0422. The van der Waals surface area contributed by atoms with Gasteiger partial charge in [-0.25, -0.2) is 27.1 Å². The number of halogens is 4. The fourth-order valence-corrected chi connectivity index (χ4v) is 7.23. The van der Waals surface area contributed by atoms with Gasteiger partial charge in [0, 0.05) is 43.3 Å². The van der Waals surface area contributed by atoms with Gasteiger partial charge in [-0.05, 0) is 75.0 Å². The molecule has 4 saturated carbocycles. The van der Waals surface area contributed by atoms with Crippen molar-refractivity contribution in [3.8, 4) is 0 Å². The number of rotatable bonds is 10. The summed E-state index contributed by atoms with van der Waals surface area (Å²) in [5, 5.41) is 14.9. The van der Waals surface area contributed by atoms with Crippen molar-refractivity contribution in [3.63, 3.8) is 0 Å². The highest BCUT2D eigenvalue weighted by molar-refractivity contribution is 5.92. The predicted molar refractivity (Wildman–Crippen MR) is 146 cm³/mol. The van der Waals surface area contributed by atoms with Gasteiger partial charge in [0.25, 0.3) is 11.8 Å². The summed E-state index contributed by atoms with van der Waals surface area (Å²) in [4.78, 5) is 30.9. The normalized spacial score (nSPS) is 27.0. The first-order valence-corrected chi connectivity index (χ1v) is 15.1. The van der Waals surface area contributed by atoms with E-state index in [2.05, 4.69) is 20.8 Å². The van der Waals surface area contributed by atoms with Crippen molar-refractivity contribution in [2.75, 3.05) is 0 Å². The topological polar surface area (TPSA) is 106 Å². The van der Waals surface area contributed by atoms with E-state index in [1.165, 1.54) is 0 Å². The van der Waals surface area contributed by atoms with E-state index in [1.54, 1.807) is 33.9 Å². The highest BCUT2D eigenvalue weighted by Gasteiger charge is 2.72. The summed E-state index contributed by atoms with van der Waals surface area (Å²) < 4.78 is 57.9. The van der Waals surface area contributed by atoms with E-state index >= 15 is 0 Å². The van der Waals surface area contributed by atoms with Crippen LogP contribution in [0.15, 0.2) is 30.7 Å². The SMILES string of the molecule is CC(C)n1nccc1C(=O)NC(c1cn2ncc([C@H](NC(=O)CC3CC(F)(F)C3)C3CC3)cc2n1)C1C[C@@H]2[C@H](C1)C2(F)F. The summed E-state index contributed by atoms with van der Waals surface area (Å²) in [7, 11) is 0. The molecule has 0 spiro atoms. The second kappa shape index (κ2) is 10.0. The lowest BCUT2D eigenvalue weighted by Gasteiger charge is -2.34. The third-order valence-corrected chi connectivity index (χ3v) is 9.73. The summed E-state index contributed by atoms with van der Waals surface area (Å²) in [5.74, 6) is -7.54. The third kappa shape index (κ3) is 5.28. The maximum atomic E-state index is 14.1. The van der Waals surface area contributed by atoms with Crippen LogP contribution in [0.4, 0.5) is 17.6 Å². The molecule has 3 aromatic heterocycles. The number of hydrogen-bond acceptors (Lipinski definition) is 5. The van der Waals surface area contributed by atoms with Gasteiger partial charge in [0.1, 0.15) is 5.69 Å². The van der Waals surface area contributed by atoms with Crippen molar-refractivity contribution >= 4 is 17.5 Å². The Hall–Kier alpha value is -3.51. The van der Waals surface area contributed by atoms with Crippen LogP contribution in [-0.2, 0) is 4.79 Å². The molecule has 2 amide bonds. The van der Waals surface area contributed by atoms with Gasteiger partial charge in [0.15, 0.2) is 5.65 Å². The molecule has 0 aromatic carbocycles. The fourth-order valence-electron chi connectivity index (χ4n) is 7.23. The zero-order valence-electron chi connectivity index (χ0n) is 24.0. The zero-order chi connectivity index (χ0) is 30.3. The average Bonchev–Trinajstić information content (AvgIpc) is 3.54. The number of fused-ring (bicyclic) bond motifs is 2. The molecule has 43 heavy (non-hydrogen) atoms. The molecule has 2 N–H and O–H groups in total. The summed E-state index contributed by atoms with van der Waals surface area (Å²) in [6.07, 6.45) is 6.96. The molecule has 0 radical (unpaired) electrons. The molecule has 13 heteroatoms. The van der Waals surface area contributed by atoms with E-state index in [0.717, 1.165) is 18.4 Å². The highest BCUT2D eigenvalue weighted by Crippen LogP contribution is 2.67. The van der Waals surface area contributed by atoms with Gasteiger partial charge in [-0.2, -0.15) is 10.2 Å². The molecule has 4 fully saturated rings. The summed E-state index contributed by atoms with van der Waals surface area (Å²) >= 11 is 0. The Kier molecular flexibility index (Phi) is 6.59. The molecule has 2 unspecified atom stereocenters. The molecule has 230 valence electrons. The number of carbonyl (C=O) groups is 2. The van der Waals surface area contributed by atoms with E-state index in [1.807, 2.05) is 19.9 Å². The number of amides is 2. The van der Waals surface area contributed by atoms with Crippen LogP contribution in [0.1, 0.15) is 98.7 Å². The van der Waals surface area contributed by atoms with Gasteiger partial charge >= 0.3 is 0 Å². The molecule has 0 aliphatic heterocycles. The monoisotopic (exact) mass is 601 g/mol. The van der Waals surface area contributed by atoms with Crippen LogP contribution in [0.2, 0.25) is 0 Å². The summed E-state index contributed by atoms with van der Waals surface area (Å²) in [5.41, 5.74) is 2.18. The number of carbonyl (C=O) groups excluding carboxylic acids is 2. The minimum Gasteiger partial charge on any atom is -0.349 e. The van der Waals surface area contributed by atoms with E-state index in [-0.39, 0.29) is 60.9 Å². The molecule has 0 bridgehead atoms. The lowest BCUT2D eigenvalue weighted by molar-refractivity contribution is -0.134. The first-order valence-electron chi connectivity index (χ1n) is 15.1. The van der Waals surface area contributed by atoms with Crippen molar-refractivity contribution < 1.29 is 27.2 Å². The van der Waals surface area contributed by atoms with Crippen molar-refractivity contribution in [3.05, 3.63) is 47.7 Å². The minimum atomic E-state index is -2.67. The number of nitrogens with zero attached hydrogens (tertiary/aromatic N) is 5. The predicted octanol–water partition coefficient (Wildman–Crippen LogP) is 5.27. The lowest BCUT2D eigenvalue weighted by atomic mass is 9.79. The molecular weight excluding hydrogens is 566 g/mol. The van der Waals surface area contributed by atoms with E-state index in [0.29, 0.717) is 29.9 Å². The molecule has 9 nitrogen and oxygen atoms in total. The van der Waals surface area contributed by atoms with Gasteiger partial charge in [-0.1, -0.05) is 0 Å². The molecule has 4 aliphatic rings. The molecule has 0 saturated heterocycles. The van der Waals surface area contributed by atoms with Gasteiger partial charge in [0.05, 0.1) is 30.2 Å². The van der Waals surface area contributed by atoms with Gasteiger partial charge in [-0.3, -0.25) is 14.3 Å². The number of imidazole rings is 1. The Morgan fingerprint density at radius 1 is 1.02 bits per heavy atom. The van der Waals surface area contributed by atoms with Crippen molar-refractivity contribution in [1.29, 1.82) is 0 Å². The first kappa shape index (κ1) is 28.3. The smallest absolute Gasteiger partial charge is 0.270 e. The zero-order valence-corrected chi connectivity index (χ0v) is 24.0.